The lowest BCUT2D eigenvalue weighted by atomic mass is 10.2. The first-order chi connectivity index (χ1) is 15.5. The number of ether oxygens (including phenoxy) is 3. The Hall–Kier alpha value is -3.71. The lowest BCUT2D eigenvalue weighted by Gasteiger charge is -2.17. The van der Waals surface area contributed by atoms with Crippen molar-refractivity contribution in [1.82, 2.24) is 9.13 Å². The number of rotatable bonds is 6. The fraction of sp³-hybridized carbons (Fsp3) is 0.167. The van der Waals surface area contributed by atoms with Gasteiger partial charge in [0.1, 0.15) is 0 Å². The molecule has 0 aliphatic carbocycles. The van der Waals surface area contributed by atoms with Gasteiger partial charge >= 0.3 is 5.69 Å². The molecule has 0 N–H and O–H groups in total. The van der Waals surface area contributed by atoms with Crippen molar-refractivity contribution in [2.75, 3.05) is 21.3 Å². The average Bonchev–Trinajstić information content (AvgIpc) is 2.82. The fourth-order valence-corrected chi connectivity index (χ4v) is 3.80. The molecule has 0 aliphatic rings. The van der Waals surface area contributed by atoms with Crippen LogP contribution in [0.4, 0.5) is 0 Å². The van der Waals surface area contributed by atoms with Crippen molar-refractivity contribution in [2.24, 2.45) is 0 Å². The summed E-state index contributed by atoms with van der Waals surface area (Å²) in [6.45, 7) is 0.265. The molecule has 8 heteroatoms. The Kier molecular flexibility index (Phi) is 5.92. The summed E-state index contributed by atoms with van der Waals surface area (Å²) in [5.74, 6) is 1.05. The van der Waals surface area contributed by atoms with Crippen molar-refractivity contribution < 1.29 is 14.2 Å². The molecule has 7 nitrogen and oxygen atoms in total. The van der Waals surface area contributed by atoms with E-state index in [1.165, 1.54) is 21.3 Å². The van der Waals surface area contributed by atoms with Crippen LogP contribution in [0.25, 0.3) is 16.6 Å². The molecule has 0 spiro atoms. The van der Waals surface area contributed by atoms with Gasteiger partial charge in [-0.05, 0) is 29.8 Å². The van der Waals surface area contributed by atoms with E-state index in [4.69, 9.17) is 25.8 Å². The van der Waals surface area contributed by atoms with Gasteiger partial charge in [0.05, 0.1) is 44.5 Å². The summed E-state index contributed by atoms with van der Waals surface area (Å²) >= 11 is 6.00. The molecule has 4 rings (SSSR count). The van der Waals surface area contributed by atoms with Gasteiger partial charge in [0.2, 0.25) is 5.75 Å². The van der Waals surface area contributed by atoms with E-state index in [0.29, 0.717) is 38.9 Å². The van der Waals surface area contributed by atoms with Gasteiger partial charge in [-0.2, -0.15) is 0 Å². The zero-order chi connectivity index (χ0) is 22.8. The van der Waals surface area contributed by atoms with Crippen molar-refractivity contribution in [3.8, 4) is 22.9 Å². The third kappa shape index (κ3) is 3.71. The predicted molar refractivity (Wildman–Crippen MR) is 124 cm³/mol. The van der Waals surface area contributed by atoms with E-state index in [9.17, 15) is 9.59 Å². The monoisotopic (exact) mass is 452 g/mol. The SMILES string of the molecule is COc1cc(-n2c(=O)c3ccccc3n(Cc3ccc(Cl)cc3)c2=O)cc(OC)c1OC. The quantitative estimate of drug-likeness (QED) is 0.444. The Bertz CT molecular complexity index is 1380. The molecule has 4 aromatic rings. The third-order valence-corrected chi connectivity index (χ3v) is 5.46. The molecule has 0 atom stereocenters. The number of para-hydroxylation sites is 1. The smallest absolute Gasteiger partial charge is 0.336 e. The Morgan fingerprint density at radius 1 is 0.844 bits per heavy atom. The van der Waals surface area contributed by atoms with Gasteiger partial charge in [0, 0.05) is 17.2 Å². The summed E-state index contributed by atoms with van der Waals surface area (Å²) in [6.07, 6.45) is 0. The largest absolute Gasteiger partial charge is 0.493 e. The van der Waals surface area contributed by atoms with E-state index in [0.717, 1.165) is 10.1 Å². The fourth-order valence-electron chi connectivity index (χ4n) is 3.67. The minimum Gasteiger partial charge on any atom is -0.493 e. The zero-order valence-electron chi connectivity index (χ0n) is 17.8. The molecular formula is C24H21ClN2O5. The van der Waals surface area contributed by atoms with Crippen LogP contribution in [0.3, 0.4) is 0 Å². The highest BCUT2D eigenvalue weighted by molar-refractivity contribution is 6.30. The summed E-state index contributed by atoms with van der Waals surface area (Å²) in [5.41, 5.74) is 0.799. The normalized spacial score (nSPS) is 10.9. The molecule has 0 saturated carbocycles. The lowest BCUT2D eigenvalue weighted by Crippen LogP contribution is -2.39. The number of hydrogen-bond acceptors (Lipinski definition) is 5. The summed E-state index contributed by atoms with van der Waals surface area (Å²) in [5, 5.41) is 1.02. The summed E-state index contributed by atoms with van der Waals surface area (Å²) in [6, 6.07) is 17.4. The van der Waals surface area contributed by atoms with Crippen LogP contribution in [0.5, 0.6) is 17.2 Å². The maximum Gasteiger partial charge on any atom is 0.336 e. The molecule has 0 saturated heterocycles. The minimum absolute atomic E-state index is 0.265. The number of hydrogen-bond donors (Lipinski definition) is 0. The van der Waals surface area contributed by atoms with E-state index in [2.05, 4.69) is 0 Å². The molecule has 0 unspecified atom stereocenters. The second-order valence-electron chi connectivity index (χ2n) is 7.04. The Balaban J connectivity index is 2.02. The molecule has 0 bridgehead atoms. The van der Waals surface area contributed by atoms with E-state index in [1.54, 1.807) is 53.1 Å². The summed E-state index contributed by atoms with van der Waals surface area (Å²) in [7, 11) is 4.44. The number of nitrogens with zero attached hydrogens (tertiary/aromatic N) is 2. The van der Waals surface area contributed by atoms with E-state index in [-0.39, 0.29) is 6.54 Å². The molecule has 164 valence electrons. The number of aromatic nitrogens is 2. The van der Waals surface area contributed by atoms with Crippen LogP contribution in [0.1, 0.15) is 5.56 Å². The minimum atomic E-state index is -0.488. The average molecular weight is 453 g/mol. The van der Waals surface area contributed by atoms with Crippen LogP contribution in [0, 0.1) is 0 Å². The van der Waals surface area contributed by atoms with Crippen LogP contribution in [-0.2, 0) is 6.54 Å². The maximum absolute atomic E-state index is 13.6. The highest BCUT2D eigenvalue weighted by atomic mass is 35.5. The molecular weight excluding hydrogens is 432 g/mol. The lowest BCUT2D eigenvalue weighted by molar-refractivity contribution is 0.324. The molecule has 1 aromatic heterocycles. The number of fused-ring (bicyclic) bond motifs is 1. The molecule has 1 heterocycles. The molecule has 0 fully saturated rings. The van der Waals surface area contributed by atoms with Crippen molar-refractivity contribution in [1.29, 1.82) is 0 Å². The zero-order valence-corrected chi connectivity index (χ0v) is 18.6. The number of methoxy groups -OCH3 is 3. The van der Waals surface area contributed by atoms with Crippen molar-refractivity contribution in [2.45, 2.75) is 6.54 Å². The van der Waals surface area contributed by atoms with Gasteiger partial charge in [-0.25, -0.2) is 9.36 Å². The highest BCUT2D eigenvalue weighted by Gasteiger charge is 2.19. The van der Waals surface area contributed by atoms with Gasteiger partial charge in [-0.15, -0.1) is 0 Å². The number of benzene rings is 3. The van der Waals surface area contributed by atoms with Crippen LogP contribution < -0.4 is 25.5 Å². The first-order valence-electron chi connectivity index (χ1n) is 9.78. The van der Waals surface area contributed by atoms with Gasteiger partial charge in [0.25, 0.3) is 5.56 Å². The van der Waals surface area contributed by atoms with Crippen LogP contribution in [-0.4, -0.2) is 30.5 Å². The Morgan fingerprint density at radius 2 is 1.47 bits per heavy atom. The van der Waals surface area contributed by atoms with Crippen molar-refractivity contribution in [3.05, 3.63) is 92.1 Å². The Morgan fingerprint density at radius 3 is 2.06 bits per heavy atom. The first-order valence-corrected chi connectivity index (χ1v) is 10.2. The molecule has 0 aliphatic heterocycles. The maximum atomic E-state index is 13.6. The summed E-state index contributed by atoms with van der Waals surface area (Å²) in [4.78, 5) is 27.0. The molecule has 0 radical (unpaired) electrons. The predicted octanol–water partition coefficient (Wildman–Crippen LogP) is 3.88. The van der Waals surface area contributed by atoms with E-state index in [1.807, 2.05) is 12.1 Å². The van der Waals surface area contributed by atoms with Crippen LogP contribution in [0.2, 0.25) is 5.02 Å². The second kappa shape index (κ2) is 8.80. The second-order valence-corrected chi connectivity index (χ2v) is 7.47. The van der Waals surface area contributed by atoms with Crippen LogP contribution in [0.15, 0.2) is 70.3 Å². The van der Waals surface area contributed by atoms with Gasteiger partial charge in [-0.1, -0.05) is 35.9 Å². The van der Waals surface area contributed by atoms with Gasteiger partial charge in [-0.3, -0.25) is 9.36 Å². The Labute approximate surface area is 189 Å². The standard InChI is InChI=1S/C24H21ClN2O5/c1-30-20-12-17(13-21(31-2)22(20)32-3)27-23(28)18-6-4-5-7-19(18)26(24(27)29)14-15-8-10-16(25)11-9-15/h4-13H,14H2,1-3H3. The first kappa shape index (κ1) is 21.5. The third-order valence-electron chi connectivity index (χ3n) is 5.21. The topological polar surface area (TPSA) is 71.7 Å². The van der Waals surface area contributed by atoms with Gasteiger partial charge in [0.15, 0.2) is 11.5 Å². The van der Waals surface area contributed by atoms with Crippen molar-refractivity contribution in [3.63, 3.8) is 0 Å². The van der Waals surface area contributed by atoms with Gasteiger partial charge < -0.3 is 14.2 Å². The van der Waals surface area contributed by atoms with E-state index < -0.39 is 11.2 Å². The van der Waals surface area contributed by atoms with Crippen molar-refractivity contribution >= 4 is 22.5 Å². The summed E-state index contributed by atoms with van der Waals surface area (Å²) < 4.78 is 18.8. The molecule has 32 heavy (non-hydrogen) atoms. The molecule has 0 amide bonds. The number of halogens is 1. The highest BCUT2D eigenvalue weighted by Crippen LogP contribution is 2.38. The van der Waals surface area contributed by atoms with Crippen LogP contribution >= 0.6 is 11.6 Å². The van der Waals surface area contributed by atoms with E-state index >= 15 is 0 Å². The molecule has 3 aromatic carbocycles.